The predicted molar refractivity (Wildman–Crippen MR) is 86.6 cm³/mol. The lowest BCUT2D eigenvalue weighted by atomic mass is 9.94. The van der Waals surface area contributed by atoms with E-state index >= 15 is 0 Å². The Kier molecular flexibility index (Phi) is 4.95. The summed E-state index contributed by atoms with van der Waals surface area (Å²) in [7, 11) is 0. The van der Waals surface area contributed by atoms with Gasteiger partial charge in [-0.2, -0.15) is 13.2 Å². The number of allylic oxidation sites excluding steroid dienone is 2. The smallest absolute Gasteiger partial charge is 0.369 e. The first kappa shape index (κ1) is 16.4. The Labute approximate surface area is 135 Å². The van der Waals surface area contributed by atoms with Crippen LogP contribution in [0.25, 0.3) is 0 Å². The van der Waals surface area contributed by atoms with Crippen LogP contribution >= 0.6 is 0 Å². The van der Waals surface area contributed by atoms with E-state index in [4.69, 9.17) is 0 Å². The molecule has 0 radical (unpaired) electrons. The summed E-state index contributed by atoms with van der Waals surface area (Å²) >= 11 is 0. The van der Waals surface area contributed by atoms with Crippen molar-refractivity contribution < 1.29 is 13.2 Å². The number of alkyl halides is 3. The molecule has 1 atom stereocenters. The van der Waals surface area contributed by atoms with Crippen LogP contribution in [0.5, 0.6) is 0 Å². The summed E-state index contributed by atoms with van der Waals surface area (Å²) in [5.74, 6) is 0.736. The lowest BCUT2D eigenvalue weighted by molar-refractivity contribution is -0.137. The van der Waals surface area contributed by atoms with Crippen molar-refractivity contribution in [3.63, 3.8) is 0 Å². The third-order valence-electron chi connectivity index (χ3n) is 4.80. The zero-order valence-electron chi connectivity index (χ0n) is 13.2. The molecule has 1 aliphatic heterocycles. The third-order valence-corrected chi connectivity index (χ3v) is 4.80. The van der Waals surface area contributed by atoms with Crippen LogP contribution < -0.4 is 4.90 Å². The van der Waals surface area contributed by atoms with Gasteiger partial charge in [0.05, 0.1) is 5.56 Å². The van der Waals surface area contributed by atoms with Gasteiger partial charge < -0.3 is 4.90 Å². The second-order valence-electron chi connectivity index (χ2n) is 6.49. The molecule has 0 N–H and O–H groups in total. The maximum absolute atomic E-state index is 12.8. The number of anilines is 1. The van der Waals surface area contributed by atoms with Crippen LogP contribution in [-0.2, 0) is 6.18 Å². The molecule has 1 aliphatic carbocycles. The fourth-order valence-electron chi connectivity index (χ4n) is 3.45. The van der Waals surface area contributed by atoms with Crippen LogP contribution in [-0.4, -0.2) is 37.6 Å². The minimum absolute atomic E-state index is 0.563. The zero-order chi connectivity index (χ0) is 16.3. The summed E-state index contributed by atoms with van der Waals surface area (Å²) in [6.45, 7) is 4.56. The normalized spacial score (nSPS) is 23.3. The average Bonchev–Trinajstić information content (AvgIpc) is 2.56. The van der Waals surface area contributed by atoms with Crippen molar-refractivity contribution in [1.82, 2.24) is 4.90 Å². The molecule has 5 heteroatoms. The van der Waals surface area contributed by atoms with Gasteiger partial charge in [0.15, 0.2) is 0 Å². The Morgan fingerprint density at radius 1 is 1.04 bits per heavy atom. The maximum Gasteiger partial charge on any atom is 0.416 e. The van der Waals surface area contributed by atoms with Gasteiger partial charge in [0, 0.05) is 38.4 Å². The van der Waals surface area contributed by atoms with E-state index in [0.29, 0.717) is 5.69 Å². The number of hydrogen-bond acceptors (Lipinski definition) is 2. The minimum Gasteiger partial charge on any atom is -0.369 e. The van der Waals surface area contributed by atoms with Gasteiger partial charge in [-0.25, -0.2) is 0 Å². The molecule has 0 spiro atoms. The number of rotatable bonds is 3. The van der Waals surface area contributed by atoms with Gasteiger partial charge in [0.25, 0.3) is 0 Å². The monoisotopic (exact) mass is 324 g/mol. The van der Waals surface area contributed by atoms with Crippen molar-refractivity contribution in [2.75, 3.05) is 37.6 Å². The number of nitrogens with zero attached hydrogens (tertiary/aromatic N) is 2. The Morgan fingerprint density at radius 2 is 1.83 bits per heavy atom. The molecule has 0 aromatic heterocycles. The fraction of sp³-hybridized carbons (Fsp3) is 0.556. The molecule has 1 saturated heterocycles. The van der Waals surface area contributed by atoms with Gasteiger partial charge in [-0.1, -0.05) is 18.2 Å². The van der Waals surface area contributed by atoms with Crippen molar-refractivity contribution in [1.29, 1.82) is 0 Å². The van der Waals surface area contributed by atoms with Gasteiger partial charge in [-0.05, 0) is 43.4 Å². The Hall–Kier alpha value is -1.49. The first-order valence-corrected chi connectivity index (χ1v) is 8.32. The van der Waals surface area contributed by atoms with Gasteiger partial charge in [0.2, 0.25) is 0 Å². The van der Waals surface area contributed by atoms with Crippen LogP contribution in [0.3, 0.4) is 0 Å². The van der Waals surface area contributed by atoms with Crippen molar-refractivity contribution in [3.8, 4) is 0 Å². The Morgan fingerprint density at radius 3 is 2.48 bits per heavy atom. The molecule has 126 valence electrons. The first-order chi connectivity index (χ1) is 11.0. The molecular weight excluding hydrogens is 301 g/mol. The number of hydrogen-bond donors (Lipinski definition) is 0. The highest BCUT2D eigenvalue weighted by atomic mass is 19.4. The topological polar surface area (TPSA) is 6.48 Å². The maximum atomic E-state index is 12.8. The second kappa shape index (κ2) is 6.95. The molecule has 1 aromatic carbocycles. The third kappa shape index (κ3) is 4.28. The zero-order valence-corrected chi connectivity index (χ0v) is 13.2. The van der Waals surface area contributed by atoms with E-state index in [1.54, 1.807) is 6.07 Å². The molecule has 1 heterocycles. The van der Waals surface area contributed by atoms with E-state index in [1.165, 1.54) is 25.0 Å². The molecule has 3 rings (SSSR count). The summed E-state index contributed by atoms with van der Waals surface area (Å²) in [4.78, 5) is 4.51. The van der Waals surface area contributed by atoms with E-state index in [0.717, 1.165) is 51.1 Å². The lowest BCUT2D eigenvalue weighted by Crippen LogP contribution is -2.47. The first-order valence-electron chi connectivity index (χ1n) is 8.32. The molecule has 1 fully saturated rings. The van der Waals surface area contributed by atoms with Crippen molar-refractivity contribution in [3.05, 3.63) is 42.0 Å². The summed E-state index contributed by atoms with van der Waals surface area (Å²) in [5, 5.41) is 0. The molecule has 0 unspecified atom stereocenters. The van der Waals surface area contributed by atoms with Gasteiger partial charge in [-0.3, -0.25) is 4.90 Å². The number of halogens is 3. The Bertz CT molecular complexity index is 545. The van der Waals surface area contributed by atoms with E-state index in [1.807, 2.05) is 0 Å². The van der Waals surface area contributed by atoms with Crippen LogP contribution in [0, 0.1) is 5.92 Å². The van der Waals surface area contributed by atoms with Crippen LogP contribution in [0.15, 0.2) is 36.4 Å². The standard InChI is InChI=1S/C18H23F3N2/c19-18(20,21)16-7-4-8-17(13-16)23-11-9-22(10-12-23)14-15-5-2-1-3-6-15/h1-2,4,7-8,13,15H,3,5-6,9-12,14H2/t15-/m1/s1. The van der Waals surface area contributed by atoms with Crippen LogP contribution in [0.2, 0.25) is 0 Å². The number of piperazine rings is 1. The fourth-order valence-corrected chi connectivity index (χ4v) is 3.45. The molecule has 0 saturated carbocycles. The SMILES string of the molecule is FC(F)(F)c1cccc(N2CCN(C[C@@H]3CC=CCC3)CC2)c1. The molecule has 0 amide bonds. The van der Waals surface area contributed by atoms with Gasteiger partial charge in [0.1, 0.15) is 0 Å². The Balaban J connectivity index is 1.55. The molecule has 2 nitrogen and oxygen atoms in total. The second-order valence-corrected chi connectivity index (χ2v) is 6.49. The molecular formula is C18H23F3N2. The molecule has 0 bridgehead atoms. The summed E-state index contributed by atoms with van der Waals surface area (Å²) in [6.07, 6.45) is 3.84. The van der Waals surface area contributed by atoms with Gasteiger partial charge >= 0.3 is 6.18 Å². The van der Waals surface area contributed by atoms with E-state index in [-0.39, 0.29) is 0 Å². The van der Waals surface area contributed by atoms with Crippen LogP contribution in [0.4, 0.5) is 18.9 Å². The highest BCUT2D eigenvalue weighted by Gasteiger charge is 2.31. The number of benzene rings is 1. The largest absolute Gasteiger partial charge is 0.416 e. The molecule has 1 aromatic rings. The highest BCUT2D eigenvalue weighted by Crippen LogP contribution is 2.32. The lowest BCUT2D eigenvalue weighted by Gasteiger charge is -2.38. The average molecular weight is 324 g/mol. The minimum atomic E-state index is -4.27. The van der Waals surface area contributed by atoms with E-state index in [9.17, 15) is 13.2 Å². The quantitative estimate of drug-likeness (QED) is 0.770. The summed E-state index contributed by atoms with van der Waals surface area (Å²) in [5.41, 5.74) is 0.117. The van der Waals surface area contributed by atoms with E-state index < -0.39 is 11.7 Å². The summed E-state index contributed by atoms with van der Waals surface area (Å²) in [6, 6.07) is 5.67. The van der Waals surface area contributed by atoms with Crippen molar-refractivity contribution in [2.24, 2.45) is 5.92 Å². The van der Waals surface area contributed by atoms with Crippen LogP contribution in [0.1, 0.15) is 24.8 Å². The van der Waals surface area contributed by atoms with Crippen molar-refractivity contribution in [2.45, 2.75) is 25.4 Å². The van der Waals surface area contributed by atoms with Crippen molar-refractivity contribution >= 4 is 5.69 Å². The molecule has 23 heavy (non-hydrogen) atoms. The van der Waals surface area contributed by atoms with Gasteiger partial charge in [-0.15, -0.1) is 0 Å². The predicted octanol–water partition coefficient (Wildman–Crippen LogP) is 4.18. The van der Waals surface area contributed by atoms with E-state index in [2.05, 4.69) is 22.0 Å². The molecule has 2 aliphatic rings. The highest BCUT2D eigenvalue weighted by molar-refractivity contribution is 5.49. The summed E-state index contributed by atoms with van der Waals surface area (Å²) < 4.78 is 38.5.